The van der Waals surface area contributed by atoms with E-state index in [1.165, 1.54) is 27.3 Å². The molecule has 0 saturated carbocycles. The number of hydrogen-bond acceptors (Lipinski definition) is 4. The van der Waals surface area contributed by atoms with Crippen molar-refractivity contribution in [2.75, 3.05) is 18.4 Å². The molecule has 0 aliphatic carbocycles. The summed E-state index contributed by atoms with van der Waals surface area (Å²) in [5.41, 5.74) is 11.1. The lowest BCUT2D eigenvalue weighted by atomic mass is 9.92. The van der Waals surface area contributed by atoms with Gasteiger partial charge in [-0.05, 0) is 59.2 Å². The molecule has 1 aliphatic rings. The summed E-state index contributed by atoms with van der Waals surface area (Å²) in [5, 5.41) is 9.20. The summed E-state index contributed by atoms with van der Waals surface area (Å²) in [5.74, 6) is 0.0659. The van der Waals surface area contributed by atoms with Gasteiger partial charge in [0, 0.05) is 41.7 Å². The second-order valence-corrected chi connectivity index (χ2v) is 8.30. The van der Waals surface area contributed by atoms with E-state index in [2.05, 4.69) is 46.3 Å². The van der Waals surface area contributed by atoms with Gasteiger partial charge in [0.15, 0.2) is 0 Å². The molecule has 28 heavy (non-hydrogen) atoms. The van der Waals surface area contributed by atoms with Gasteiger partial charge in [-0.3, -0.25) is 4.79 Å². The molecule has 0 fully saturated rings. The summed E-state index contributed by atoms with van der Waals surface area (Å²) in [7, 11) is 0. The van der Waals surface area contributed by atoms with Gasteiger partial charge >= 0.3 is 0 Å². The number of thiophene rings is 1. The Morgan fingerprint density at radius 2 is 1.96 bits per heavy atom. The smallest absolute Gasteiger partial charge is 0.248 e. The van der Waals surface area contributed by atoms with Gasteiger partial charge in [0.05, 0.1) is 0 Å². The highest BCUT2D eigenvalue weighted by Crippen LogP contribution is 2.34. The van der Waals surface area contributed by atoms with Crippen molar-refractivity contribution in [2.24, 2.45) is 5.73 Å². The molecule has 3 aromatic rings. The van der Waals surface area contributed by atoms with E-state index in [0.29, 0.717) is 11.5 Å². The number of hydrogen-bond donors (Lipinski definition) is 3. The predicted octanol–water partition coefficient (Wildman–Crippen LogP) is 3.93. The van der Waals surface area contributed by atoms with Crippen LogP contribution in [0.5, 0.6) is 0 Å². The van der Waals surface area contributed by atoms with E-state index >= 15 is 0 Å². The first-order valence-electron chi connectivity index (χ1n) is 9.67. The van der Waals surface area contributed by atoms with Crippen molar-refractivity contribution in [3.8, 4) is 0 Å². The number of nitrogens with two attached hydrogens (primary N) is 1. The van der Waals surface area contributed by atoms with Crippen molar-refractivity contribution in [2.45, 2.75) is 25.3 Å². The van der Waals surface area contributed by atoms with Crippen LogP contribution < -0.4 is 16.4 Å². The minimum absolute atomic E-state index is 0.379. The van der Waals surface area contributed by atoms with Crippen LogP contribution in [-0.2, 0) is 19.4 Å². The Kier molecular flexibility index (Phi) is 5.74. The van der Waals surface area contributed by atoms with Crippen LogP contribution in [0.2, 0.25) is 0 Å². The molecule has 1 aliphatic heterocycles. The van der Waals surface area contributed by atoms with Crippen molar-refractivity contribution in [1.82, 2.24) is 5.32 Å². The molecule has 1 atom stereocenters. The molecule has 1 amide bonds. The van der Waals surface area contributed by atoms with Crippen LogP contribution in [0.3, 0.4) is 0 Å². The third-order valence-corrected chi connectivity index (χ3v) is 6.21. The summed E-state index contributed by atoms with van der Waals surface area (Å²) in [4.78, 5) is 12.7. The number of carbonyl (C=O) groups is 1. The van der Waals surface area contributed by atoms with E-state index in [-0.39, 0.29) is 5.91 Å². The van der Waals surface area contributed by atoms with Crippen LogP contribution in [-0.4, -0.2) is 19.0 Å². The molecule has 1 unspecified atom stereocenters. The summed E-state index contributed by atoms with van der Waals surface area (Å²) in [6.45, 7) is 2.83. The molecular weight excluding hydrogens is 366 g/mol. The topological polar surface area (TPSA) is 67.2 Å². The van der Waals surface area contributed by atoms with Crippen molar-refractivity contribution in [3.05, 3.63) is 87.1 Å². The van der Waals surface area contributed by atoms with Crippen molar-refractivity contribution in [3.63, 3.8) is 0 Å². The third-order valence-electron chi connectivity index (χ3n) is 5.27. The monoisotopic (exact) mass is 391 g/mol. The van der Waals surface area contributed by atoms with Crippen LogP contribution in [0.1, 0.15) is 37.8 Å². The maximum absolute atomic E-state index is 11.2. The van der Waals surface area contributed by atoms with Gasteiger partial charge in [0.2, 0.25) is 5.91 Å². The highest BCUT2D eigenvalue weighted by Gasteiger charge is 2.22. The summed E-state index contributed by atoms with van der Waals surface area (Å²) >= 11 is 1.82. The molecule has 0 bridgehead atoms. The zero-order valence-corrected chi connectivity index (χ0v) is 16.6. The molecule has 0 radical (unpaired) electrons. The molecule has 144 valence electrons. The van der Waals surface area contributed by atoms with Gasteiger partial charge < -0.3 is 16.4 Å². The molecule has 5 heteroatoms. The number of nitrogens with one attached hydrogen (secondary N) is 2. The average Bonchev–Trinajstić information content (AvgIpc) is 3.36. The molecule has 4 N–H and O–H groups in total. The Morgan fingerprint density at radius 3 is 2.71 bits per heavy atom. The minimum Gasteiger partial charge on any atom is -0.384 e. The van der Waals surface area contributed by atoms with Crippen molar-refractivity contribution >= 4 is 22.9 Å². The lowest BCUT2D eigenvalue weighted by Crippen LogP contribution is -2.16. The van der Waals surface area contributed by atoms with Gasteiger partial charge in [-0.1, -0.05) is 30.3 Å². The number of benzene rings is 2. The number of carbonyl (C=O) groups excluding carboxylic acids is 1. The van der Waals surface area contributed by atoms with Crippen LogP contribution in [0.15, 0.2) is 60.0 Å². The normalized spacial score (nSPS) is 15.2. The average molecular weight is 392 g/mol. The molecule has 1 aromatic heterocycles. The van der Waals surface area contributed by atoms with E-state index < -0.39 is 0 Å². The summed E-state index contributed by atoms with van der Waals surface area (Å²) in [6, 6.07) is 18.7. The van der Waals surface area contributed by atoms with E-state index in [9.17, 15) is 4.79 Å². The summed E-state index contributed by atoms with van der Waals surface area (Å²) in [6.07, 6.45) is 2.03. The SMILES string of the molecule is NC(=O)c1ccc(CC2CNc3ccc(CNCCc4cccs4)cc32)cc1. The Labute approximate surface area is 169 Å². The van der Waals surface area contributed by atoms with Gasteiger partial charge in [-0.2, -0.15) is 0 Å². The Balaban J connectivity index is 1.36. The number of fused-ring (bicyclic) bond motifs is 1. The molecule has 4 rings (SSSR count). The van der Waals surface area contributed by atoms with Crippen LogP contribution >= 0.6 is 11.3 Å². The first-order chi connectivity index (χ1) is 13.7. The molecular formula is C23H25N3OS. The zero-order chi connectivity index (χ0) is 19.3. The highest BCUT2D eigenvalue weighted by atomic mass is 32.1. The molecule has 2 aromatic carbocycles. The summed E-state index contributed by atoms with van der Waals surface area (Å²) < 4.78 is 0. The highest BCUT2D eigenvalue weighted by molar-refractivity contribution is 7.09. The number of primary amides is 1. The van der Waals surface area contributed by atoms with E-state index in [0.717, 1.165) is 32.5 Å². The standard InChI is InChI=1S/C23H25N3OS/c24-23(27)18-6-3-16(4-7-18)12-19-15-26-22-8-5-17(13-21(19)22)14-25-10-9-20-2-1-11-28-20/h1-8,11,13,19,25-26H,9-10,12,14-15H2,(H2,24,27). The van der Waals surface area contributed by atoms with E-state index in [1.807, 2.05) is 35.6 Å². The fraction of sp³-hybridized carbons (Fsp3) is 0.261. The molecule has 0 spiro atoms. The second-order valence-electron chi connectivity index (χ2n) is 7.27. The Bertz CT molecular complexity index is 935. The lowest BCUT2D eigenvalue weighted by Gasteiger charge is -2.12. The lowest BCUT2D eigenvalue weighted by molar-refractivity contribution is 0.100. The predicted molar refractivity (Wildman–Crippen MR) is 116 cm³/mol. The van der Waals surface area contributed by atoms with Gasteiger partial charge in [0.25, 0.3) is 0 Å². The maximum Gasteiger partial charge on any atom is 0.248 e. The Hall–Kier alpha value is -2.63. The fourth-order valence-corrected chi connectivity index (χ4v) is 4.44. The van der Waals surface area contributed by atoms with Gasteiger partial charge in [-0.15, -0.1) is 11.3 Å². The number of anilines is 1. The number of rotatable bonds is 8. The molecule has 4 nitrogen and oxygen atoms in total. The quantitative estimate of drug-likeness (QED) is 0.510. The molecule has 2 heterocycles. The number of amides is 1. The zero-order valence-electron chi connectivity index (χ0n) is 15.8. The fourth-order valence-electron chi connectivity index (χ4n) is 3.73. The first-order valence-corrected chi connectivity index (χ1v) is 10.6. The van der Waals surface area contributed by atoms with Crippen LogP contribution in [0.25, 0.3) is 0 Å². The van der Waals surface area contributed by atoms with Crippen LogP contribution in [0.4, 0.5) is 5.69 Å². The molecule has 0 saturated heterocycles. The Morgan fingerprint density at radius 1 is 1.14 bits per heavy atom. The second kappa shape index (κ2) is 8.59. The van der Waals surface area contributed by atoms with Crippen molar-refractivity contribution < 1.29 is 4.79 Å². The van der Waals surface area contributed by atoms with E-state index in [1.54, 1.807) is 0 Å². The van der Waals surface area contributed by atoms with E-state index in [4.69, 9.17) is 5.73 Å². The minimum atomic E-state index is -0.379. The van der Waals surface area contributed by atoms with Crippen LogP contribution in [0, 0.1) is 0 Å². The van der Waals surface area contributed by atoms with Crippen molar-refractivity contribution in [1.29, 1.82) is 0 Å². The third kappa shape index (κ3) is 4.43. The first kappa shape index (κ1) is 18.7. The van der Waals surface area contributed by atoms with Gasteiger partial charge in [0.1, 0.15) is 0 Å². The maximum atomic E-state index is 11.2. The largest absolute Gasteiger partial charge is 0.384 e. The van der Waals surface area contributed by atoms with Gasteiger partial charge in [-0.25, -0.2) is 0 Å².